The highest BCUT2D eigenvalue weighted by Gasteiger charge is 2.24. The summed E-state index contributed by atoms with van der Waals surface area (Å²) in [7, 11) is -1.61. The standard InChI is InChI=1S/C12H25N2OP.C9H18ClN2OP/c1-6-10-16(15-9-7-8-13)14(11(2)3)12(4)5;1-8(2)12(9(3)4)14(10)13-7-5-6-11/h11-12H,6-7,9-10H2,1-5H3;8-9H,5,7H2,1-4H3. The third-order valence-electron chi connectivity index (χ3n) is 3.84. The topological polar surface area (TPSA) is 72.5 Å². The summed E-state index contributed by atoms with van der Waals surface area (Å²) in [4.78, 5) is 0. The molecule has 0 rings (SSSR count). The molecule has 0 bridgehead atoms. The molecule has 0 aliphatic carbocycles. The van der Waals surface area contributed by atoms with Gasteiger partial charge in [0.05, 0.1) is 38.2 Å². The highest BCUT2D eigenvalue weighted by atomic mass is 35.7. The van der Waals surface area contributed by atoms with Gasteiger partial charge in [0.15, 0.2) is 0 Å². The minimum absolute atomic E-state index is 0.362. The summed E-state index contributed by atoms with van der Waals surface area (Å²) in [5.41, 5.74) is 0. The Morgan fingerprint density at radius 1 is 0.767 bits per heavy atom. The maximum atomic E-state index is 8.53. The van der Waals surface area contributed by atoms with Crippen LogP contribution in [0.2, 0.25) is 0 Å². The van der Waals surface area contributed by atoms with Crippen LogP contribution in [0.3, 0.4) is 0 Å². The molecule has 2 atom stereocenters. The maximum absolute atomic E-state index is 8.53. The van der Waals surface area contributed by atoms with E-state index >= 15 is 0 Å². The highest BCUT2D eigenvalue weighted by molar-refractivity contribution is 7.78. The van der Waals surface area contributed by atoms with E-state index in [1.165, 1.54) is 0 Å². The quantitative estimate of drug-likeness (QED) is 0.192. The minimum atomic E-state index is -1.08. The van der Waals surface area contributed by atoms with Crippen LogP contribution in [0, 0.1) is 22.7 Å². The normalized spacial score (nSPS) is 13.5. The summed E-state index contributed by atoms with van der Waals surface area (Å²) in [6, 6.07) is 5.88. The van der Waals surface area contributed by atoms with E-state index in [1.54, 1.807) is 0 Å². The molecule has 6 nitrogen and oxygen atoms in total. The maximum Gasteiger partial charge on any atom is 0.207 e. The van der Waals surface area contributed by atoms with Gasteiger partial charge < -0.3 is 9.05 Å². The molecule has 30 heavy (non-hydrogen) atoms. The number of rotatable bonds is 14. The van der Waals surface area contributed by atoms with E-state index in [4.69, 9.17) is 30.8 Å². The molecule has 0 N–H and O–H groups in total. The van der Waals surface area contributed by atoms with E-state index in [-0.39, 0.29) is 0 Å². The van der Waals surface area contributed by atoms with Crippen molar-refractivity contribution >= 4 is 27.2 Å². The lowest BCUT2D eigenvalue weighted by molar-refractivity contribution is 0.256. The van der Waals surface area contributed by atoms with Crippen molar-refractivity contribution in [1.29, 1.82) is 10.5 Å². The molecule has 9 heteroatoms. The number of halogens is 1. The minimum Gasteiger partial charge on any atom is -0.342 e. The van der Waals surface area contributed by atoms with Crippen molar-refractivity contribution in [3.8, 4) is 12.1 Å². The van der Waals surface area contributed by atoms with Crippen LogP contribution in [0.4, 0.5) is 0 Å². The molecule has 0 aromatic rings. The molecule has 2 unspecified atom stereocenters. The van der Waals surface area contributed by atoms with Crippen molar-refractivity contribution in [3.05, 3.63) is 0 Å². The lowest BCUT2D eigenvalue weighted by atomic mass is 10.3. The SMILES string of the molecule is CC(C)N(C(C)C)P(Cl)OCCC#N.CCCP(OCCC#N)N(C(C)C)C(C)C. The van der Waals surface area contributed by atoms with Gasteiger partial charge in [0.2, 0.25) is 7.65 Å². The van der Waals surface area contributed by atoms with Gasteiger partial charge in [-0.25, -0.2) is 4.67 Å². The summed E-state index contributed by atoms with van der Waals surface area (Å²) in [6.07, 6.45) is 3.12. The summed E-state index contributed by atoms with van der Waals surface area (Å²) >= 11 is 6.13. The van der Waals surface area contributed by atoms with Gasteiger partial charge in [0.1, 0.15) is 8.30 Å². The lowest BCUT2D eigenvalue weighted by Gasteiger charge is -2.37. The third kappa shape index (κ3) is 14.9. The average molecular weight is 481 g/mol. The Bertz CT molecular complexity index is 480. The van der Waals surface area contributed by atoms with Gasteiger partial charge in [-0.2, -0.15) is 10.5 Å². The number of nitrogens with zero attached hydrogens (tertiary/aromatic N) is 4. The van der Waals surface area contributed by atoms with Gasteiger partial charge in [0, 0.05) is 30.3 Å². The second-order valence-corrected chi connectivity index (χ2v) is 11.8. The molecule has 0 fully saturated rings. The predicted octanol–water partition coefficient (Wildman–Crippen LogP) is 7.26. The molecule has 0 aromatic heterocycles. The van der Waals surface area contributed by atoms with Gasteiger partial charge in [-0.1, -0.05) is 6.92 Å². The van der Waals surface area contributed by atoms with Crippen LogP contribution in [0.1, 0.15) is 81.6 Å². The zero-order chi connectivity index (χ0) is 23.7. The first-order valence-corrected chi connectivity index (χ1v) is 14.4. The van der Waals surface area contributed by atoms with Crippen LogP contribution in [0.15, 0.2) is 0 Å². The van der Waals surface area contributed by atoms with E-state index in [0.29, 0.717) is 50.2 Å². The van der Waals surface area contributed by atoms with Crippen molar-refractivity contribution in [3.63, 3.8) is 0 Å². The number of hydrogen-bond donors (Lipinski definition) is 0. The fourth-order valence-corrected chi connectivity index (χ4v) is 7.50. The first kappa shape index (κ1) is 32.2. The van der Waals surface area contributed by atoms with E-state index in [0.717, 1.165) is 12.6 Å². The third-order valence-corrected chi connectivity index (χ3v) is 9.08. The van der Waals surface area contributed by atoms with Gasteiger partial charge in [-0.05, 0) is 73.1 Å². The molecule has 0 aromatic carbocycles. The average Bonchev–Trinajstić information content (AvgIpc) is 2.61. The Balaban J connectivity index is 0. The van der Waals surface area contributed by atoms with Gasteiger partial charge in [-0.3, -0.25) is 4.67 Å². The second-order valence-electron chi connectivity index (χ2n) is 7.92. The van der Waals surface area contributed by atoms with Crippen molar-refractivity contribution in [2.24, 2.45) is 0 Å². The van der Waals surface area contributed by atoms with Crippen LogP contribution in [0.25, 0.3) is 0 Å². The molecular weight excluding hydrogens is 438 g/mol. The van der Waals surface area contributed by atoms with Crippen molar-refractivity contribution in [2.75, 3.05) is 19.4 Å². The molecule has 0 spiro atoms. The van der Waals surface area contributed by atoms with Crippen LogP contribution in [-0.2, 0) is 9.05 Å². The van der Waals surface area contributed by atoms with Crippen molar-refractivity contribution < 1.29 is 9.05 Å². The zero-order valence-electron chi connectivity index (χ0n) is 20.4. The number of nitriles is 2. The van der Waals surface area contributed by atoms with Gasteiger partial charge in [-0.15, -0.1) is 0 Å². The number of hydrogen-bond acceptors (Lipinski definition) is 6. The van der Waals surface area contributed by atoms with E-state index in [1.807, 2.05) is 6.07 Å². The molecule has 0 amide bonds. The Hall–Kier alpha value is -0.0300. The Labute approximate surface area is 193 Å². The lowest BCUT2D eigenvalue weighted by Crippen LogP contribution is -2.33. The highest BCUT2D eigenvalue weighted by Crippen LogP contribution is 2.49. The van der Waals surface area contributed by atoms with Gasteiger partial charge in [0.25, 0.3) is 0 Å². The largest absolute Gasteiger partial charge is 0.342 e. The fourth-order valence-electron chi connectivity index (χ4n) is 2.94. The second kappa shape index (κ2) is 19.6. The molecule has 0 saturated carbocycles. The smallest absolute Gasteiger partial charge is 0.207 e. The summed E-state index contributed by atoms with van der Waals surface area (Å²) in [5.74, 6) is 0. The fraction of sp³-hybridized carbons (Fsp3) is 0.905. The van der Waals surface area contributed by atoms with Gasteiger partial charge >= 0.3 is 0 Å². The Morgan fingerprint density at radius 2 is 1.17 bits per heavy atom. The Morgan fingerprint density at radius 3 is 1.50 bits per heavy atom. The van der Waals surface area contributed by atoms with E-state index in [9.17, 15) is 0 Å². The molecule has 0 aliphatic rings. The Kier molecular flexibility index (Phi) is 21.0. The monoisotopic (exact) mass is 480 g/mol. The van der Waals surface area contributed by atoms with Crippen molar-refractivity contribution in [1.82, 2.24) is 9.34 Å². The van der Waals surface area contributed by atoms with Crippen LogP contribution < -0.4 is 0 Å². The first-order valence-electron chi connectivity index (χ1n) is 10.8. The summed E-state index contributed by atoms with van der Waals surface area (Å²) < 4.78 is 15.8. The van der Waals surface area contributed by atoms with Crippen LogP contribution in [-0.4, -0.2) is 52.9 Å². The first-order chi connectivity index (χ1) is 14.0. The van der Waals surface area contributed by atoms with Crippen LogP contribution >= 0.6 is 27.2 Å². The summed E-state index contributed by atoms with van der Waals surface area (Å²) in [6.45, 7) is 20.4. The molecule has 0 radical (unpaired) electrons. The van der Waals surface area contributed by atoms with E-state index in [2.05, 4.69) is 77.7 Å². The van der Waals surface area contributed by atoms with E-state index < -0.39 is 16.0 Å². The molecule has 0 aliphatic heterocycles. The van der Waals surface area contributed by atoms with Crippen molar-refractivity contribution in [2.45, 2.75) is 106 Å². The zero-order valence-corrected chi connectivity index (χ0v) is 23.0. The molecular formula is C21H43ClN4O2P2. The van der Waals surface area contributed by atoms with Crippen LogP contribution in [0.5, 0.6) is 0 Å². The molecule has 176 valence electrons. The molecule has 0 heterocycles. The summed E-state index contributed by atoms with van der Waals surface area (Å²) in [5, 5.41) is 16.9. The predicted molar refractivity (Wildman–Crippen MR) is 131 cm³/mol. The molecule has 0 saturated heterocycles.